The van der Waals surface area contributed by atoms with Gasteiger partial charge < -0.3 is 14.4 Å². The fraction of sp³-hybridized carbons (Fsp3) is 0.125. The zero-order valence-electron chi connectivity index (χ0n) is 17.6. The summed E-state index contributed by atoms with van der Waals surface area (Å²) in [6.07, 6.45) is 4.99. The van der Waals surface area contributed by atoms with E-state index in [4.69, 9.17) is 11.6 Å². The zero-order chi connectivity index (χ0) is 22.7. The largest absolute Gasteiger partial charge is 0.367 e. The molecule has 0 saturated heterocycles. The monoisotopic (exact) mass is 449 g/mol. The maximum absolute atomic E-state index is 13.3. The number of benzene rings is 2. The van der Waals surface area contributed by atoms with E-state index in [0.29, 0.717) is 23.1 Å². The minimum Gasteiger partial charge on any atom is -0.367 e. The molecule has 2 aromatic carbocycles. The molecule has 0 bridgehead atoms. The molecule has 0 N–H and O–H groups in total. The molecule has 0 radical (unpaired) electrons. The van der Waals surface area contributed by atoms with Crippen molar-refractivity contribution in [3.63, 3.8) is 0 Å². The summed E-state index contributed by atoms with van der Waals surface area (Å²) < 4.78 is 15.2. The third-order valence-electron chi connectivity index (χ3n) is 5.10. The van der Waals surface area contributed by atoms with E-state index in [2.05, 4.69) is 9.97 Å². The fourth-order valence-electron chi connectivity index (χ4n) is 3.31. The molecular formula is C24H21ClFN5O. The van der Waals surface area contributed by atoms with Gasteiger partial charge in [0.2, 0.25) is 0 Å². The second-order valence-electron chi connectivity index (χ2n) is 7.29. The summed E-state index contributed by atoms with van der Waals surface area (Å²) in [6, 6.07) is 17.1. The first kappa shape index (κ1) is 21.5. The minimum atomic E-state index is -0.295. The number of amides is 1. The van der Waals surface area contributed by atoms with E-state index in [-0.39, 0.29) is 11.7 Å². The third-order valence-corrected chi connectivity index (χ3v) is 5.36. The van der Waals surface area contributed by atoms with Crippen LogP contribution in [0.5, 0.6) is 0 Å². The van der Waals surface area contributed by atoms with Crippen LogP contribution in [0.1, 0.15) is 16.3 Å². The van der Waals surface area contributed by atoms with Crippen molar-refractivity contribution in [1.82, 2.24) is 14.5 Å². The highest BCUT2D eigenvalue weighted by Gasteiger charge is 2.20. The SMILES string of the molecule is CN(Cc1nc(C(=O)N(C)c2ccncc2)cn1-c1ccc(Cl)cc1)c1ccc(F)cc1. The van der Waals surface area contributed by atoms with Gasteiger partial charge in [-0.1, -0.05) is 11.6 Å². The number of pyridine rings is 1. The number of hydrogen-bond donors (Lipinski definition) is 0. The van der Waals surface area contributed by atoms with Crippen molar-refractivity contribution >= 4 is 28.9 Å². The standard InChI is InChI=1S/C24H21ClFN5O/c1-29(19-9-5-18(26)6-10-19)16-23-28-22(15-31(23)21-7-3-17(25)4-8-21)24(32)30(2)20-11-13-27-14-12-20/h3-15H,16H2,1-2H3. The van der Waals surface area contributed by atoms with Crippen molar-refractivity contribution < 1.29 is 9.18 Å². The highest BCUT2D eigenvalue weighted by atomic mass is 35.5. The van der Waals surface area contributed by atoms with Crippen molar-refractivity contribution in [3.05, 3.63) is 102 Å². The Hall–Kier alpha value is -3.71. The topological polar surface area (TPSA) is 54.3 Å². The molecule has 1 amide bonds. The van der Waals surface area contributed by atoms with Crippen molar-refractivity contribution in [1.29, 1.82) is 0 Å². The second kappa shape index (κ2) is 9.20. The lowest BCUT2D eigenvalue weighted by atomic mass is 10.3. The van der Waals surface area contributed by atoms with Gasteiger partial charge in [0.05, 0.1) is 6.54 Å². The Labute approximate surface area is 190 Å². The fourth-order valence-corrected chi connectivity index (χ4v) is 3.44. The number of imidazole rings is 1. The summed E-state index contributed by atoms with van der Waals surface area (Å²) in [5.41, 5.74) is 2.69. The van der Waals surface area contributed by atoms with Gasteiger partial charge in [0, 0.05) is 54.8 Å². The van der Waals surface area contributed by atoms with Gasteiger partial charge in [0.1, 0.15) is 17.3 Å². The van der Waals surface area contributed by atoms with Crippen LogP contribution in [0.15, 0.2) is 79.3 Å². The molecule has 162 valence electrons. The normalized spacial score (nSPS) is 10.8. The van der Waals surface area contributed by atoms with Gasteiger partial charge in [-0.15, -0.1) is 0 Å². The molecule has 0 fully saturated rings. The minimum absolute atomic E-state index is 0.241. The van der Waals surface area contributed by atoms with Gasteiger partial charge in [-0.25, -0.2) is 9.37 Å². The smallest absolute Gasteiger partial charge is 0.278 e. The summed E-state index contributed by atoms with van der Waals surface area (Å²) in [7, 11) is 3.59. The number of hydrogen-bond acceptors (Lipinski definition) is 4. The van der Waals surface area contributed by atoms with Crippen LogP contribution < -0.4 is 9.80 Å². The summed E-state index contributed by atoms with van der Waals surface area (Å²) in [4.78, 5) is 25.3. The Morgan fingerprint density at radius 1 is 0.969 bits per heavy atom. The Morgan fingerprint density at radius 2 is 1.62 bits per heavy atom. The van der Waals surface area contributed by atoms with Gasteiger partial charge in [0.15, 0.2) is 0 Å². The quantitative estimate of drug-likeness (QED) is 0.417. The van der Waals surface area contributed by atoms with Crippen molar-refractivity contribution in [3.8, 4) is 5.69 Å². The Balaban J connectivity index is 1.69. The van der Waals surface area contributed by atoms with Crippen molar-refractivity contribution in [2.24, 2.45) is 0 Å². The Bertz CT molecular complexity index is 1210. The maximum Gasteiger partial charge on any atom is 0.278 e. The molecule has 0 saturated carbocycles. The third kappa shape index (κ3) is 4.63. The first-order chi connectivity index (χ1) is 15.4. The van der Waals surface area contributed by atoms with E-state index in [1.807, 2.05) is 28.6 Å². The van der Waals surface area contributed by atoms with Gasteiger partial charge in [-0.2, -0.15) is 0 Å². The molecule has 0 aliphatic carbocycles. The predicted octanol–water partition coefficient (Wildman–Crippen LogP) is 4.97. The van der Waals surface area contributed by atoms with E-state index in [9.17, 15) is 9.18 Å². The molecule has 6 nitrogen and oxygen atoms in total. The molecule has 32 heavy (non-hydrogen) atoms. The van der Waals surface area contributed by atoms with Crippen molar-refractivity contribution in [2.45, 2.75) is 6.54 Å². The molecule has 2 aromatic heterocycles. The summed E-state index contributed by atoms with van der Waals surface area (Å²) >= 11 is 6.05. The van der Waals surface area contributed by atoms with Crippen LogP contribution in [0.2, 0.25) is 5.02 Å². The first-order valence-electron chi connectivity index (χ1n) is 9.91. The van der Waals surface area contributed by atoms with E-state index in [0.717, 1.165) is 17.1 Å². The van der Waals surface area contributed by atoms with Crippen LogP contribution >= 0.6 is 11.6 Å². The molecule has 4 aromatic rings. The molecule has 0 unspecified atom stereocenters. The van der Waals surface area contributed by atoms with E-state index >= 15 is 0 Å². The highest BCUT2D eigenvalue weighted by molar-refractivity contribution is 6.30. The van der Waals surface area contributed by atoms with Crippen LogP contribution in [0.25, 0.3) is 5.69 Å². The molecular weight excluding hydrogens is 429 g/mol. The van der Waals surface area contributed by atoms with Crippen molar-refractivity contribution in [2.75, 3.05) is 23.9 Å². The second-order valence-corrected chi connectivity index (χ2v) is 7.73. The van der Waals surface area contributed by atoms with Crippen LogP contribution in [0.3, 0.4) is 0 Å². The van der Waals surface area contributed by atoms with E-state index < -0.39 is 0 Å². The van der Waals surface area contributed by atoms with E-state index in [1.165, 1.54) is 17.0 Å². The predicted molar refractivity (Wildman–Crippen MR) is 124 cm³/mol. The number of nitrogens with zero attached hydrogens (tertiary/aromatic N) is 5. The number of aromatic nitrogens is 3. The highest BCUT2D eigenvalue weighted by Crippen LogP contribution is 2.22. The van der Waals surface area contributed by atoms with Crippen LogP contribution in [-0.2, 0) is 6.54 Å². The number of anilines is 2. The van der Waals surface area contributed by atoms with Gasteiger partial charge in [0.25, 0.3) is 5.91 Å². The molecule has 8 heteroatoms. The summed E-state index contributed by atoms with van der Waals surface area (Å²) in [6.45, 7) is 0.403. The van der Waals surface area contributed by atoms with Crippen LogP contribution in [0.4, 0.5) is 15.8 Å². The number of rotatable bonds is 6. The molecule has 0 atom stereocenters. The lowest BCUT2D eigenvalue weighted by molar-refractivity contribution is 0.0988. The van der Waals surface area contributed by atoms with Gasteiger partial charge >= 0.3 is 0 Å². The van der Waals surface area contributed by atoms with E-state index in [1.54, 1.807) is 62.0 Å². The molecule has 4 rings (SSSR count). The summed E-state index contributed by atoms with van der Waals surface area (Å²) in [5, 5.41) is 0.618. The molecule has 0 spiro atoms. The molecule has 2 heterocycles. The average molecular weight is 450 g/mol. The number of carbonyl (C=O) groups is 1. The van der Waals surface area contributed by atoms with Crippen LogP contribution in [0, 0.1) is 5.82 Å². The summed E-state index contributed by atoms with van der Waals surface area (Å²) in [5.74, 6) is 0.122. The average Bonchev–Trinajstić information content (AvgIpc) is 3.23. The Morgan fingerprint density at radius 3 is 2.28 bits per heavy atom. The lowest BCUT2D eigenvalue weighted by Crippen LogP contribution is -2.26. The molecule has 0 aliphatic heterocycles. The lowest BCUT2D eigenvalue weighted by Gasteiger charge is -2.19. The first-order valence-corrected chi connectivity index (χ1v) is 10.3. The van der Waals surface area contributed by atoms with Gasteiger partial charge in [-0.05, 0) is 60.7 Å². The zero-order valence-corrected chi connectivity index (χ0v) is 18.4. The maximum atomic E-state index is 13.3. The number of halogens is 2. The van der Waals surface area contributed by atoms with Gasteiger partial charge in [-0.3, -0.25) is 9.78 Å². The number of carbonyl (C=O) groups excluding carboxylic acids is 1. The van der Waals surface area contributed by atoms with Crippen LogP contribution in [-0.4, -0.2) is 34.5 Å². The molecule has 0 aliphatic rings. The Kier molecular flexibility index (Phi) is 6.18.